The molecule has 3 N–H and O–H groups in total. The van der Waals surface area contributed by atoms with Gasteiger partial charge in [0.05, 0.1) is 17.2 Å². The van der Waals surface area contributed by atoms with Gasteiger partial charge in [0.1, 0.15) is 5.75 Å². The number of nitrogens with zero attached hydrogens (tertiary/aromatic N) is 2. The second kappa shape index (κ2) is 7.19. The van der Waals surface area contributed by atoms with Gasteiger partial charge in [0, 0.05) is 24.1 Å². The summed E-state index contributed by atoms with van der Waals surface area (Å²) in [5, 5.41) is 32.7. The number of amides is 1. The summed E-state index contributed by atoms with van der Waals surface area (Å²) in [6.45, 7) is 1.57. The second-order valence-corrected chi connectivity index (χ2v) is 4.18. The molecule has 0 saturated carbocycles. The smallest absolute Gasteiger partial charge is 0.270 e. The van der Waals surface area contributed by atoms with Crippen molar-refractivity contribution in [1.29, 1.82) is 0 Å². The molecular weight excluding hydrogens is 266 g/mol. The number of benzene rings is 1. The number of hydrogen-bond acceptors (Lipinski definition) is 6. The van der Waals surface area contributed by atoms with Crippen LogP contribution in [0.3, 0.4) is 0 Å². The molecule has 0 aromatic heterocycles. The molecule has 0 fully saturated rings. The van der Waals surface area contributed by atoms with Gasteiger partial charge >= 0.3 is 0 Å². The van der Waals surface area contributed by atoms with Crippen LogP contribution in [0.25, 0.3) is 0 Å². The molecule has 0 aliphatic heterocycles. The summed E-state index contributed by atoms with van der Waals surface area (Å²) in [7, 11) is 0. The highest BCUT2D eigenvalue weighted by Crippen LogP contribution is 2.21. The van der Waals surface area contributed by atoms with Crippen LogP contribution in [-0.2, 0) is 4.79 Å². The van der Waals surface area contributed by atoms with Crippen LogP contribution < -0.4 is 5.43 Å². The Morgan fingerprint density at radius 3 is 2.90 bits per heavy atom. The van der Waals surface area contributed by atoms with E-state index in [0.717, 1.165) is 18.3 Å². The van der Waals surface area contributed by atoms with Gasteiger partial charge in [0.15, 0.2) is 0 Å². The maximum atomic E-state index is 11.3. The van der Waals surface area contributed by atoms with Gasteiger partial charge in [-0.2, -0.15) is 5.10 Å². The molecule has 1 aromatic rings. The van der Waals surface area contributed by atoms with E-state index in [1.54, 1.807) is 6.92 Å². The van der Waals surface area contributed by atoms with E-state index in [1.165, 1.54) is 6.07 Å². The number of phenols is 1. The van der Waals surface area contributed by atoms with Crippen molar-refractivity contribution in [3.8, 4) is 5.75 Å². The highest BCUT2D eigenvalue weighted by molar-refractivity contribution is 5.86. The number of rotatable bonds is 6. The van der Waals surface area contributed by atoms with Gasteiger partial charge in [0.2, 0.25) is 5.91 Å². The topological polar surface area (TPSA) is 125 Å². The van der Waals surface area contributed by atoms with Crippen molar-refractivity contribution in [2.75, 3.05) is 0 Å². The molecule has 0 radical (unpaired) electrons. The molecule has 0 aliphatic carbocycles. The van der Waals surface area contributed by atoms with Crippen LogP contribution in [0.5, 0.6) is 5.75 Å². The molecular formula is C12H15N3O5. The van der Waals surface area contributed by atoms with E-state index in [0.29, 0.717) is 6.42 Å². The average Bonchev–Trinajstić information content (AvgIpc) is 2.38. The van der Waals surface area contributed by atoms with Gasteiger partial charge in [-0.25, -0.2) is 5.43 Å². The van der Waals surface area contributed by atoms with Crippen LogP contribution in [0.4, 0.5) is 5.69 Å². The third-order valence-electron chi connectivity index (χ3n) is 2.40. The minimum atomic E-state index is -0.599. The van der Waals surface area contributed by atoms with Crippen LogP contribution in [-0.4, -0.2) is 33.4 Å². The highest BCUT2D eigenvalue weighted by Gasteiger charge is 2.09. The standard InChI is InChI=1S/C12H15N3O5/c1-8(16)2-5-12(18)14-13-7-9-6-10(15(19)20)3-4-11(9)17/h3-4,6-8,16-17H,2,5H2,1H3,(H,14,18)/b13-7+/t8-/m0/s1. The van der Waals surface area contributed by atoms with Crippen molar-refractivity contribution >= 4 is 17.8 Å². The number of carbonyl (C=O) groups is 1. The van der Waals surface area contributed by atoms with Crippen LogP contribution in [0, 0.1) is 10.1 Å². The molecule has 108 valence electrons. The highest BCUT2D eigenvalue weighted by atomic mass is 16.6. The number of hydrazone groups is 1. The molecule has 1 atom stereocenters. The van der Waals surface area contributed by atoms with Crippen molar-refractivity contribution in [3.63, 3.8) is 0 Å². The molecule has 1 aromatic carbocycles. The fraction of sp³-hybridized carbons (Fsp3) is 0.333. The first-order chi connectivity index (χ1) is 9.40. The summed E-state index contributed by atoms with van der Waals surface area (Å²) in [6, 6.07) is 3.48. The van der Waals surface area contributed by atoms with E-state index in [2.05, 4.69) is 10.5 Å². The maximum Gasteiger partial charge on any atom is 0.270 e. The molecule has 0 bridgehead atoms. The fourth-order valence-electron chi connectivity index (χ4n) is 1.33. The minimum absolute atomic E-state index is 0.107. The molecule has 8 nitrogen and oxygen atoms in total. The molecule has 0 heterocycles. The van der Waals surface area contributed by atoms with E-state index in [9.17, 15) is 20.0 Å². The maximum absolute atomic E-state index is 11.3. The predicted molar refractivity (Wildman–Crippen MR) is 71.4 cm³/mol. The number of non-ortho nitro benzene ring substituents is 1. The lowest BCUT2D eigenvalue weighted by molar-refractivity contribution is -0.384. The Balaban J connectivity index is 2.64. The van der Waals surface area contributed by atoms with E-state index in [4.69, 9.17) is 5.11 Å². The Morgan fingerprint density at radius 1 is 1.60 bits per heavy atom. The number of nitro benzene ring substituents is 1. The molecule has 0 aliphatic rings. The van der Waals surface area contributed by atoms with E-state index in [1.807, 2.05) is 0 Å². The first kappa shape index (κ1) is 15.6. The Kier molecular flexibility index (Phi) is 5.60. The number of nitro groups is 1. The lowest BCUT2D eigenvalue weighted by atomic mass is 10.2. The second-order valence-electron chi connectivity index (χ2n) is 4.18. The third-order valence-corrected chi connectivity index (χ3v) is 2.40. The largest absolute Gasteiger partial charge is 0.507 e. The van der Waals surface area contributed by atoms with E-state index >= 15 is 0 Å². The molecule has 1 amide bonds. The van der Waals surface area contributed by atoms with Crippen LogP contribution in [0.1, 0.15) is 25.3 Å². The Morgan fingerprint density at radius 2 is 2.30 bits per heavy atom. The summed E-state index contributed by atoms with van der Waals surface area (Å²) in [5.74, 6) is -0.579. The van der Waals surface area contributed by atoms with Crippen LogP contribution in [0.2, 0.25) is 0 Å². The lowest BCUT2D eigenvalue weighted by Crippen LogP contribution is -2.18. The van der Waals surface area contributed by atoms with Crippen molar-refractivity contribution in [2.45, 2.75) is 25.9 Å². The number of aromatic hydroxyl groups is 1. The number of aliphatic hydroxyl groups excluding tert-OH is 1. The van der Waals surface area contributed by atoms with Gasteiger partial charge in [-0.3, -0.25) is 14.9 Å². The molecule has 1 rings (SSSR count). The van der Waals surface area contributed by atoms with Crippen LogP contribution in [0.15, 0.2) is 23.3 Å². The van der Waals surface area contributed by atoms with Crippen molar-refractivity contribution in [2.24, 2.45) is 5.10 Å². The zero-order chi connectivity index (χ0) is 15.1. The van der Waals surface area contributed by atoms with E-state index in [-0.39, 0.29) is 23.4 Å². The molecule has 8 heteroatoms. The summed E-state index contributed by atoms with van der Waals surface area (Å²) in [6.07, 6.45) is 0.952. The number of aliphatic hydroxyl groups is 1. The Labute approximate surface area is 114 Å². The van der Waals surface area contributed by atoms with Gasteiger partial charge < -0.3 is 10.2 Å². The summed E-state index contributed by atoms with van der Waals surface area (Å²) < 4.78 is 0. The molecule has 0 unspecified atom stereocenters. The zero-order valence-corrected chi connectivity index (χ0v) is 10.8. The molecule has 0 saturated heterocycles. The number of carbonyl (C=O) groups excluding carboxylic acids is 1. The zero-order valence-electron chi connectivity index (χ0n) is 10.8. The van der Waals surface area contributed by atoms with Crippen LogP contribution >= 0.6 is 0 Å². The first-order valence-corrected chi connectivity index (χ1v) is 5.87. The van der Waals surface area contributed by atoms with Crippen molar-refractivity contribution < 1.29 is 19.9 Å². The van der Waals surface area contributed by atoms with Gasteiger partial charge in [0.25, 0.3) is 5.69 Å². The van der Waals surface area contributed by atoms with Gasteiger partial charge in [-0.05, 0) is 19.4 Å². The fourth-order valence-corrected chi connectivity index (χ4v) is 1.33. The van der Waals surface area contributed by atoms with E-state index < -0.39 is 16.9 Å². The third kappa shape index (κ3) is 5.02. The number of hydrogen-bond donors (Lipinski definition) is 3. The number of phenolic OH excluding ortho intramolecular Hbond substituents is 1. The monoisotopic (exact) mass is 281 g/mol. The Hall–Kier alpha value is -2.48. The molecule has 20 heavy (non-hydrogen) atoms. The molecule has 0 spiro atoms. The van der Waals surface area contributed by atoms with Gasteiger partial charge in [-0.1, -0.05) is 0 Å². The van der Waals surface area contributed by atoms with Crippen molar-refractivity contribution in [1.82, 2.24) is 5.43 Å². The lowest BCUT2D eigenvalue weighted by Gasteiger charge is -2.02. The predicted octanol–water partition coefficient (Wildman–Crippen LogP) is 0.911. The van der Waals surface area contributed by atoms with Crippen molar-refractivity contribution in [3.05, 3.63) is 33.9 Å². The minimum Gasteiger partial charge on any atom is -0.507 e. The number of nitrogens with one attached hydrogen (secondary N) is 1. The average molecular weight is 281 g/mol. The first-order valence-electron chi connectivity index (χ1n) is 5.87. The SMILES string of the molecule is C[C@H](O)CCC(=O)N/N=C/c1cc([N+](=O)[O-])ccc1O. The van der Waals surface area contributed by atoms with Gasteiger partial charge in [-0.15, -0.1) is 0 Å². The Bertz CT molecular complexity index is 528. The quantitative estimate of drug-likeness (QED) is 0.406. The summed E-state index contributed by atoms with van der Waals surface area (Å²) >= 11 is 0. The normalized spacial score (nSPS) is 12.3. The summed E-state index contributed by atoms with van der Waals surface area (Å²) in [5.41, 5.74) is 2.13. The summed E-state index contributed by atoms with van der Waals surface area (Å²) in [4.78, 5) is 21.3.